The van der Waals surface area contributed by atoms with Gasteiger partial charge < -0.3 is 13.6 Å². The van der Waals surface area contributed by atoms with Gasteiger partial charge in [0.1, 0.15) is 17.2 Å². The molecule has 0 N–H and O–H groups in total. The zero-order valence-electron chi connectivity index (χ0n) is 30.4. The summed E-state index contributed by atoms with van der Waals surface area (Å²) >= 11 is 0. The Morgan fingerprint density at radius 3 is 1.36 bits per heavy atom. The first-order valence-corrected chi connectivity index (χ1v) is 19.8. The lowest BCUT2D eigenvalue weighted by Gasteiger charge is -2.28. The zero-order chi connectivity index (χ0) is 35.4. The van der Waals surface area contributed by atoms with Crippen LogP contribution in [0.25, 0.3) is 11.1 Å². The summed E-state index contributed by atoms with van der Waals surface area (Å²) in [7, 11) is -2.57. The van der Waals surface area contributed by atoms with Crippen LogP contribution in [-0.2, 0) is 6.16 Å². The van der Waals surface area contributed by atoms with E-state index in [1.54, 1.807) is 0 Å². The molecule has 5 heteroatoms. The van der Waals surface area contributed by atoms with Gasteiger partial charge in [-0.3, -0.25) is 0 Å². The van der Waals surface area contributed by atoms with Crippen molar-refractivity contribution in [3.05, 3.63) is 171 Å². The fraction of sp³-hybridized carbons (Fsp3) is 0.200. The maximum absolute atomic E-state index is 7.38. The van der Waals surface area contributed by atoms with Gasteiger partial charge in [-0.2, -0.15) is 0 Å². The average Bonchev–Trinajstić information content (AvgIpc) is 3.11. The van der Waals surface area contributed by atoms with E-state index in [4.69, 9.17) is 13.6 Å². The Kier molecular flexibility index (Phi) is 11.1. The van der Waals surface area contributed by atoms with Crippen LogP contribution in [0.5, 0.6) is 17.2 Å². The summed E-state index contributed by atoms with van der Waals surface area (Å²) in [6.07, 6.45) is 0.611. The molecular weight excluding hydrogens is 650 g/mol. The molecule has 0 unspecified atom stereocenters. The summed E-state index contributed by atoms with van der Waals surface area (Å²) in [5.41, 5.74) is 13.0. The molecule has 3 nitrogen and oxygen atoms in total. The molecule has 0 saturated carbocycles. The molecule has 0 amide bonds. The van der Waals surface area contributed by atoms with Crippen LogP contribution in [0.15, 0.2) is 121 Å². The van der Waals surface area contributed by atoms with Gasteiger partial charge in [0.15, 0.2) is 8.15 Å². The van der Waals surface area contributed by atoms with Crippen LogP contribution in [-0.4, -0.2) is 0 Å². The van der Waals surface area contributed by atoms with Crippen molar-refractivity contribution in [2.45, 2.75) is 61.6 Å². The Hall–Kier alpha value is -4.42. The molecule has 0 bridgehead atoms. The molecule has 6 aromatic rings. The second kappa shape index (κ2) is 15.6. The van der Waals surface area contributed by atoms with Crippen LogP contribution >= 0.6 is 16.5 Å². The third-order valence-corrected chi connectivity index (χ3v) is 12.7. The number of para-hydroxylation sites is 2. The normalized spacial score (nSPS) is 11.2. The number of hydrogen-bond acceptors (Lipinski definition) is 3. The van der Waals surface area contributed by atoms with Crippen LogP contribution in [0.4, 0.5) is 0 Å². The van der Waals surface area contributed by atoms with E-state index in [9.17, 15) is 0 Å². The third-order valence-electron chi connectivity index (χ3n) is 9.45. The molecule has 0 fully saturated rings. The maximum atomic E-state index is 7.38. The molecule has 0 atom stereocenters. The molecule has 6 rings (SSSR count). The lowest BCUT2D eigenvalue weighted by molar-refractivity contribution is 0.484. The summed E-state index contributed by atoms with van der Waals surface area (Å²) in [5.74, 6) is 2.63. The van der Waals surface area contributed by atoms with E-state index < -0.39 is 16.5 Å². The second-order valence-electron chi connectivity index (χ2n) is 13.1. The van der Waals surface area contributed by atoms with Crippen molar-refractivity contribution >= 4 is 27.1 Å². The van der Waals surface area contributed by atoms with Crippen molar-refractivity contribution in [3.63, 3.8) is 0 Å². The molecule has 50 heavy (non-hydrogen) atoms. The minimum Gasteiger partial charge on any atom is -0.464 e. The van der Waals surface area contributed by atoms with Crippen molar-refractivity contribution in [1.82, 2.24) is 0 Å². The van der Waals surface area contributed by atoms with E-state index >= 15 is 0 Å². The van der Waals surface area contributed by atoms with Crippen molar-refractivity contribution in [3.8, 4) is 28.4 Å². The van der Waals surface area contributed by atoms with Gasteiger partial charge in [-0.1, -0.05) is 109 Å². The first kappa shape index (κ1) is 35.4. The molecule has 0 aliphatic carbocycles. The first-order chi connectivity index (χ1) is 24.1. The SMILES string of the molecule is Cc1ccccc1OP(Cc1c(C)c(C)cc(C)c1-c1c(C)cc(C)c(C)c1OP(c1ccccc1)c1ccccc1)Oc1ccccc1C. The monoisotopic (exact) mass is 696 g/mol. The molecule has 0 spiro atoms. The van der Waals surface area contributed by atoms with Gasteiger partial charge in [0.2, 0.25) is 0 Å². The van der Waals surface area contributed by atoms with Gasteiger partial charge in [0, 0.05) is 16.2 Å². The average molecular weight is 697 g/mol. The number of hydrogen-bond donors (Lipinski definition) is 0. The van der Waals surface area contributed by atoms with Crippen LogP contribution < -0.4 is 24.2 Å². The quantitative estimate of drug-likeness (QED) is 0.126. The fourth-order valence-electron chi connectivity index (χ4n) is 6.41. The number of benzene rings is 6. The molecule has 0 aromatic heterocycles. The Bertz CT molecular complexity index is 2020. The minimum absolute atomic E-state index is 0.611. The Balaban J connectivity index is 1.53. The van der Waals surface area contributed by atoms with Crippen LogP contribution in [0.3, 0.4) is 0 Å². The highest BCUT2D eigenvalue weighted by Crippen LogP contribution is 2.52. The molecule has 0 saturated heterocycles. The summed E-state index contributed by atoms with van der Waals surface area (Å²) in [4.78, 5) is 0. The smallest absolute Gasteiger partial charge is 0.295 e. The molecule has 0 heterocycles. The Morgan fingerprint density at radius 1 is 0.420 bits per heavy atom. The van der Waals surface area contributed by atoms with Gasteiger partial charge in [0.05, 0.1) is 6.16 Å². The first-order valence-electron chi connectivity index (χ1n) is 17.2. The van der Waals surface area contributed by atoms with E-state index in [2.05, 4.69) is 140 Å². The van der Waals surface area contributed by atoms with E-state index in [1.165, 1.54) is 49.6 Å². The second-order valence-corrected chi connectivity index (χ2v) is 16.2. The van der Waals surface area contributed by atoms with Gasteiger partial charge >= 0.3 is 0 Å². The van der Waals surface area contributed by atoms with E-state index in [1.807, 2.05) is 36.4 Å². The molecule has 0 radical (unpaired) electrons. The highest BCUT2D eigenvalue weighted by Gasteiger charge is 2.28. The molecule has 254 valence electrons. The molecule has 0 aliphatic rings. The predicted molar refractivity (Wildman–Crippen MR) is 214 cm³/mol. The van der Waals surface area contributed by atoms with Crippen molar-refractivity contribution in [2.24, 2.45) is 0 Å². The topological polar surface area (TPSA) is 27.7 Å². The Labute approximate surface area is 301 Å². The summed E-state index contributed by atoms with van der Waals surface area (Å²) in [5, 5.41) is 2.36. The summed E-state index contributed by atoms with van der Waals surface area (Å²) < 4.78 is 21.0. The fourth-order valence-corrected chi connectivity index (χ4v) is 9.89. The Morgan fingerprint density at radius 2 is 0.860 bits per heavy atom. The summed E-state index contributed by atoms with van der Waals surface area (Å²) in [6, 6.07) is 42.3. The number of rotatable bonds is 11. The van der Waals surface area contributed by atoms with E-state index in [0.717, 1.165) is 39.5 Å². The van der Waals surface area contributed by atoms with Crippen LogP contribution in [0.2, 0.25) is 0 Å². The van der Waals surface area contributed by atoms with E-state index in [0.29, 0.717) is 6.16 Å². The maximum Gasteiger partial charge on any atom is 0.295 e. The third kappa shape index (κ3) is 7.66. The van der Waals surface area contributed by atoms with E-state index in [-0.39, 0.29) is 0 Å². The lowest BCUT2D eigenvalue weighted by atomic mass is 9.86. The van der Waals surface area contributed by atoms with Gasteiger partial charge in [-0.15, -0.1) is 0 Å². The molecular formula is C45H46O3P2. The van der Waals surface area contributed by atoms with Gasteiger partial charge in [-0.25, -0.2) is 0 Å². The van der Waals surface area contributed by atoms with Crippen LogP contribution in [0.1, 0.15) is 50.1 Å². The minimum atomic E-state index is -1.43. The summed E-state index contributed by atoms with van der Waals surface area (Å²) in [6.45, 7) is 17.4. The van der Waals surface area contributed by atoms with Crippen molar-refractivity contribution in [1.29, 1.82) is 0 Å². The molecule has 0 aliphatic heterocycles. The highest BCUT2D eigenvalue weighted by atomic mass is 31.2. The van der Waals surface area contributed by atoms with Crippen molar-refractivity contribution in [2.75, 3.05) is 0 Å². The van der Waals surface area contributed by atoms with Crippen LogP contribution in [0, 0.1) is 55.4 Å². The standard InChI is InChI=1S/C45H46O3P2/c1-30-19-15-17-25-41(30)46-49(47-42-26-18-16-20-31(42)2)29-40-36(7)32(3)27-34(5)43(40)44-35(6)28-33(4)37(8)45(44)48-50(38-21-11-9-12-22-38)39-23-13-10-14-24-39/h9-28H,29H2,1-8H3. The molecule has 6 aromatic carbocycles. The van der Waals surface area contributed by atoms with Gasteiger partial charge in [0.25, 0.3) is 8.38 Å². The van der Waals surface area contributed by atoms with Crippen molar-refractivity contribution < 1.29 is 13.6 Å². The highest BCUT2D eigenvalue weighted by molar-refractivity contribution is 7.68. The zero-order valence-corrected chi connectivity index (χ0v) is 32.2. The largest absolute Gasteiger partial charge is 0.464 e. The number of aryl methyl sites for hydroxylation is 6. The van der Waals surface area contributed by atoms with Gasteiger partial charge in [-0.05, 0) is 123 Å². The lowest BCUT2D eigenvalue weighted by Crippen LogP contribution is -2.16. The predicted octanol–water partition coefficient (Wildman–Crippen LogP) is 12.2.